The molecule has 2 nitrogen and oxygen atoms in total. The molecule has 2 aromatic carbocycles. The van der Waals surface area contributed by atoms with Crippen molar-refractivity contribution in [3.05, 3.63) is 65.7 Å². The lowest BCUT2D eigenvalue weighted by molar-refractivity contribution is -0.117. The van der Waals surface area contributed by atoms with E-state index in [1.54, 1.807) is 0 Å². The van der Waals surface area contributed by atoms with E-state index in [0.29, 0.717) is 12.5 Å². The molecule has 106 valence electrons. The van der Waals surface area contributed by atoms with Crippen molar-refractivity contribution in [3.8, 4) is 0 Å². The summed E-state index contributed by atoms with van der Waals surface area (Å²) in [4.78, 5) is 14.3. The minimum atomic E-state index is -0.0103. The first-order valence-electron chi connectivity index (χ1n) is 7.67. The number of anilines is 1. The highest BCUT2D eigenvalue weighted by atomic mass is 16.2. The van der Waals surface area contributed by atoms with Gasteiger partial charge >= 0.3 is 0 Å². The Morgan fingerprint density at radius 3 is 2.57 bits per heavy atom. The maximum atomic E-state index is 12.2. The molecular weight excluding hydrogens is 258 g/mol. The maximum absolute atomic E-state index is 12.2. The second-order valence-electron chi connectivity index (χ2n) is 6.38. The third kappa shape index (κ3) is 1.75. The summed E-state index contributed by atoms with van der Waals surface area (Å²) < 4.78 is 0. The quantitative estimate of drug-likeness (QED) is 0.774. The number of hydrogen-bond donors (Lipinski definition) is 0. The molecule has 0 unspecified atom stereocenters. The summed E-state index contributed by atoms with van der Waals surface area (Å²) in [6.45, 7) is 2.32. The molecule has 2 heterocycles. The van der Waals surface area contributed by atoms with Gasteiger partial charge in [0.25, 0.3) is 0 Å². The van der Waals surface area contributed by atoms with Gasteiger partial charge in [0.2, 0.25) is 5.91 Å². The highest BCUT2D eigenvalue weighted by molar-refractivity contribution is 5.98. The molecule has 4 rings (SSSR count). The first kappa shape index (κ1) is 12.6. The second kappa shape index (κ2) is 4.45. The van der Waals surface area contributed by atoms with Crippen LogP contribution in [0.1, 0.15) is 37.3 Å². The summed E-state index contributed by atoms with van der Waals surface area (Å²) in [5.41, 5.74) is 3.73. The zero-order chi connectivity index (χ0) is 14.4. The molecule has 1 amide bonds. The summed E-state index contributed by atoms with van der Waals surface area (Å²) in [5.74, 6) is 0.280. The summed E-state index contributed by atoms with van der Waals surface area (Å²) in [6.07, 6.45) is 2.68. The normalized spacial score (nSPS) is 27.4. The van der Waals surface area contributed by atoms with E-state index in [9.17, 15) is 4.79 Å². The van der Waals surface area contributed by atoms with Crippen LogP contribution in [0.3, 0.4) is 0 Å². The van der Waals surface area contributed by atoms with E-state index >= 15 is 0 Å². The fourth-order valence-electron chi connectivity index (χ4n) is 4.08. The third-order valence-corrected chi connectivity index (χ3v) is 5.14. The number of amides is 1. The van der Waals surface area contributed by atoms with E-state index < -0.39 is 0 Å². The Hall–Kier alpha value is -2.09. The van der Waals surface area contributed by atoms with E-state index in [1.165, 1.54) is 11.1 Å². The van der Waals surface area contributed by atoms with Crippen LogP contribution >= 0.6 is 0 Å². The molecule has 2 aliphatic heterocycles. The third-order valence-electron chi connectivity index (χ3n) is 5.14. The summed E-state index contributed by atoms with van der Waals surface area (Å²) >= 11 is 0. The van der Waals surface area contributed by atoms with Gasteiger partial charge in [-0.05, 0) is 30.0 Å². The largest absolute Gasteiger partial charge is 0.309 e. The predicted octanol–water partition coefficient (Wildman–Crippen LogP) is 3.89. The smallest absolute Gasteiger partial charge is 0.227 e. The molecule has 0 N–H and O–H groups in total. The fourth-order valence-corrected chi connectivity index (χ4v) is 4.08. The van der Waals surface area contributed by atoms with Crippen LogP contribution in [0, 0.1) is 0 Å². The molecule has 2 atom stereocenters. The van der Waals surface area contributed by atoms with Gasteiger partial charge in [0.15, 0.2) is 0 Å². The molecule has 2 heteroatoms. The summed E-state index contributed by atoms with van der Waals surface area (Å²) in [5, 5.41) is 0. The monoisotopic (exact) mass is 277 g/mol. The van der Waals surface area contributed by atoms with Crippen molar-refractivity contribution < 1.29 is 4.79 Å². The lowest BCUT2D eigenvalue weighted by atomic mass is 9.69. The van der Waals surface area contributed by atoms with E-state index in [-0.39, 0.29) is 11.3 Å². The van der Waals surface area contributed by atoms with Crippen molar-refractivity contribution in [2.75, 3.05) is 4.90 Å². The van der Waals surface area contributed by atoms with Gasteiger partial charge in [-0.3, -0.25) is 4.79 Å². The van der Waals surface area contributed by atoms with Gasteiger partial charge in [0.05, 0.1) is 0 Å². The highest BCUT2D eigenvalue weighted by Gasteiger charge is 2.45. The minimum absolute atomic E-state index is 0.0103. The number of rotatable bonds is 1. The average Bonchev–Trinajstić information content (AvgIpc) is 2.89. The van der Waals surface area contributed by atoms with Crippen LogP contribution in [0.5, 0.6) is 0 Å². The van der Waals surface area contributed by atoms with Crippen molar-refractivity contribution >= 4 is 11.6 Å². The zero-order valence-electron chi connectivity index (χ0n) is 12.3. The van der Waals surface area contributed by atoms with Crippen LogP contribution < -0.4 is 4.90 Å². The number of carbonyl (C=O) groups is 1. The van der Waals surface area contributed by atoms with Gasteiger partial charge in [0.1, 0.15) is 0 Å². The number of para-hydroxylation sites is 1. The van der Waals surface area contributed by atoms with Crippen molar-refractivity contribution in [1.82, 2.24) is 0 Å². The van der Waals surface area contributed by atoms with E-state index in [4.69, 9.17) is 0 Å². The van der Waals surface area contributed by atoms with Crippen molar-refractivity contribution in [2.45, 2.75) is 37.6 Å². The van der Waals surface area contributed by atoms with Gasteiger partial charge < -0.3 is 4.90 Å². The number of hydrogen-bond acceptors (Lipinski definition) is 1. The van der Waals surface area contributed by atoms with Crippen LogP contribution in [0.25, 0.3) is 0 Å². The van der Waals surface area contributed by atoms with Crippen molar-refractivity contribution in [1.29, 1.82) is 0 Å². The number of carbonyl (C=O) groups excluding carboxylic acids is 1. The molecular formula is C19H19NO. The molecule has 0 saturated carbocycles. The molecule has 0 aliphatic carbocycles. The lowest BCUT2D eigenvalue weighted by Gasteiger charge is -2.44. The van der Waals surface area contributed by atoms with Crippen molar-refractivity contribution in [3.63, 3.8) is 0 Å². The van der Waals surface area contributed by atoms with Crippen LogP contribution in [0.15, 0.2) is 54.6 Å². The average molecular weight is 277 g/mol. The molecule has 2 aromatic rings. The molecule has 0 spiro atoms. The second-order valence-corrected chi connectivity index (χ2v) is 6.38. The number of nitrogens with zero attached hydrogens (tertiary/aromatic N) is 1. The van der Waals surface area contributed by atoms with Crippen LogP contribution in [-0.4, -0.2) is 11.9 Å². The fraction of sp³-hybridized carbons (Fsp3) is 0.316. The van der Waals surface area contributed by atoms with E-state index in [1.807, 2.05) is 11.0 Å². The first-order valence-corrected chi connectivity index (χ1v) is 7.67. The SMILES string of the molecule is C[C@@]1(c2ccccc2)C[C@H]2CCC(=O)N2c2ccccc21. The van der Waals surface area contributed by atoms with Crippen LogP contribution in [0.2, 0.25) is 0 Å². The lowest BCUT2D eigenvalue weighted by Crippen LogP contribution is -2.45. The van der Waals surface area contributed by atoms with Gasteiger partial charge in [-0.15, -0.1) is 0 Å². The Morgan fingerprint density at radius 1 is 1.05 bits per heavy atom. The molecule has 1 fully saturated rings. The minimum Gasteiger partial charge on any atom is -0.309 e. The highest BCUT2D eigenvalue weighted by Crippen LogP contribution is 2.49. The van der Waals surface area contributed by atoms with Crippen LogP contribution in [-0.2, 0) is 10.2 Å². The Bertz CT molecular complexity index is 694. The topological polar surface area (TPSA) is 20.3 Å². The van der Waals surface area contributed by atoms with Crippen molar-refractivity contribution in [2.24, 2.45) is 0 Å². The van der Waals surface area contributed by atoms with Gasteiger partial charge in [-0.1, -0.05) is 55.5 Å². The van der Waals surface area contributed by atoms with E-state index in [2.05, 4.69) is 55.5 Å². The maximum Gasteiger partial charge on any atom is 0.227 e. The zero-order valence-corrected chi connectivity index (χ0v) is 12.3. The first-order chi connectivity index (χ1) is 10.2. The Labute approximate surface area is 125 Å². The van der Waals surface area contributed by atoms with Gasteiger partial charge in [-0.2, -0.15) is 0 Å². The Morgan fingerprint density at radius 2 is 1.76 bits per heavy atom. The molecule has 21 heavy (non-hydrogen) atoms. The molecule has 0 bridgehead atoms. The Balaban J connectivity index is 1.93. The molecule has 2 aliphatic rings. The van der Waals surface area contributed by atoms with Gasteiger partial charge in [0, 0.05) is 23.6 Å². The molecule has 1 saturated heterocycles. The molecule has 0 radical (unpaired) electrons. The Kier molecular flexibility index (Phi) is 2.68. The molecule has 0 aromatic heterocycles. The number of benzene rings is 2. The summed E-state index contributed by atoms with van der Waals surface area (Å²) in [7, 11) is 0. The van der Waals surface area contributed by atoms with E-state index in [0.717, 1.165) is 18.5 Å². The standard InChI is InChI=1S/C19H19NO/c1-19(14-7-3-2-4-8-14)13-15-11-12-18(21)20(15)17-10-6-5-9-16(17)19/h2-10,15H,11-13H2,1H3/t15-,19+/m1/s1. The predicted molar refractivity (Wildman–Crippen MR) is 84.5 cm³/mol. The van der Waals surface area contributed by atoms with Crippen LogP contribution in [0.4, 0.5) is 5.69 Å². The van der Waals surface area contributed by atoms with Gasteiger partial charge in [-0.25, -0.2) is 0 Å². The number of fused-ring (bicyclic) bond motifs is 3. The summed E-state index contributed by atoms with van der Waals surface area (Å²) in [6, 6.07) is 19.5.